The van der Waals surface area contributed by atoms with Crippen molar-refractivity contribution in [1.29, 1.82) is 0 Å². The molecule has 0 saturated heterocycles. The fourth-order valence-electron chi connectivity index (χ4n) is 1.12. The van der Waals surface area contributed by atoms with Crippen LogP contribution in [0.25, 0.3) is 0 Å². The van der Waals surface area contributed by atoms with Gasteiger partial charge in [-0.05, 0) is 19.1 Å². The number of nitrogens with one attached hydrogen (secondary N) is 1. The van der Waals surface area contributed by atoms with Gasteiger partial charge >= 0.3 is 5.97 Å². The largest absolute Gasteiger partial charge is 0.478 e. The van der Waals surface area contributed by atoms with Gasteiger partial charge in [0.25, 0.3) is 0 Å². The van der Waals surface area contributed by atoms with Gasteiger partial charge < -0.3 is 15.2 Å². The molecule has 5 heteroatoms. The van der Waals surface area contributed by atoms with Gasteiger partial charge in [-0.1, -0.05) is 12.2 Å². The van der Waals surface area contributed by atoms with E-state index in [9.17, 15) is 4.79 Å². The molecule has 0 spiro atoms. The fraction of sp³-hybridized carbons (Fsp3) is 0.333. The highest BCUT2D eigenvalue weighted by Gasteiger charge is 2.02. The third-order valence-corrected chi connectivity index (χ3v) is 1.91. The van der Waals surface area contributed by atoms with E-state index in [0.29, 0.717) is 25.6 Å². The fourth-order valence-corrected chi connectivity index (χ4v) is 1.12. The number of hydrogen-bond donors (Lipinski definition) is 2. The monoisotopic (exact) mass is 236 g/mol. The molecule has 1 aromatic heterocycles. The molecule has 5 nitrogen and oxygen atoms in total. The quantitative estimate of drug-likeness (QED) is 0.557. The summed E-state index contributed by atoms with van der Waals surface area (Å²) in [7, 11) is 0. The first-order chi connectivity index (χ1) is 8.09. The zero-order valence-corrected chi connectivity index (χ0v) is 9.77. The van der Waals surface area contributed by atoms with Crippen molar-refractivity contribution in [2.75, 3.05) is 25.1 Å². The molecule has 1 aromatic rings. The van der Waals surface area contributed by atoms with Crippen LogP contribution in [0.4, 0.5) is 5.82 Å². The van der Waals surface area contributed by atoms with Crippen LogP contribution < -0.4 is 5.32 Å². The summed E-state index contributed by atoms with van der Waals surface area (Å²) < 4.78 is 5.29. The Bertz CT molecular complexity index is 387. The van der Waals surface area contributed by atoms with Crippen LogP contribution in [0.5, 0.6) is 0 Å². The second-order valence-electron chi connectivity index (χ2n) is 3.67. The van der Waals surface area contributed by atoms with Crippen LogP contribution in [0.2, 0.25) is 0 Å². The normalized spacial score (nSPS) is 9.94. The van der Waals surface area contributed by atoms with E-state index >= 15 is 0 Å². The smallest absolute Gasteiger partial charge is 0.337 e. The summed E-state index contributed by atoms with van der Waals surface area (Å²) >= 11 is 0. The zero-order chi connectivity index (χ0) is 12.7. The Kier molecular flexibility index (Phi) is 5.16. The first-order valence-electron chi connectivity index (χ1n) is 5.25. The highest BCUT2D eigenvalue weighted by molar-refractivity contribution is 5.87. The molecule has 0 atom stereocenters. The number of aromatic nitrogens is 1. The van der Waals surface area contributed by atoms with Crippen molar-refractivity contribution in [3.05, 3.63) is 36.0 Å². The predicted molar refractivity (Wildman–Crippen MR) is 65.3 cm³/mol. The Hall–Kier alpha value is -1.88. The SMILES string of the molecule is C=C(C)COCCNc1ccc(C(=O)O)cn1. The summed E-state index contributed by atoms with van der Waals surface area (Å²) in [4.78, 5) is 14.6. The molecule has 1 rings (SSSR count). The number of rotatable bonds is 7. The van der Waals surface area contributed by atoms with Gasteiger partial charge in [-0.15, -0.1) is 0 Å². The Morgan fingerprint density at radius 3 is 2.88 bits per heavy atom. The predicted octanol–water partition coefficient (Wildman–Crippen LogP) is 1.78. The molecule has 0 aromatic carbocycles. The first kappa shape index (κ1) is 13.2. The Morgan fingerprint density at radius 1 is 1.59 bits per heavy atom. The van der Waals surface area contributed by atoms with Gasteiger partial charge in [0.15, 0.2) is 0 Å². The molecule has 2 N–H and O–H groups in total. The number of nitrogens with zero attached hydrogens (tertiary/aromatic N) is 1. The molecule has 0 bridgehead atoms. The molecule has 0 amide bonds. The van der Waals surface area contributed by atoms with Crippen molar-refractivity contribution in [1.82, 2.24) is 4.98 Å². The number of pyridine rings is 1. The molecule has 0 radical (unpaired) electrons. The van der Waals surface area contributed by atoms with Crippen molar-refractivity contribution in [3.8, 4) is 0 Å². The van der Waals surface area contributed by atoms with E-state index in [1.807, 2.05) is 6.92 Å². The Labute approximate surface area is 100 Å². The van der Waals surface area contributed by atoms with Crippen LogP contribution in [0.1, 0.15) is 17.3 Å². The average Bonchev–Trinajstić information content (AvgIpc) is 2.29. The number of carboxylic acid groups (broad SMARTS) is 1. The van der Waals surface area contributed by atoms with Crippen molar-refractivity contribution in [2.45, 2.75) is 6.92 Å². The molecular formula is C12H16N2O3. The lowest BCUT2D eigenvalue weighted by Gasteiger charge is -2.06. The number of ether oxygens (including phenoxy) is 1. The molecule has 0 unspecified atom stereocenters. The first-order valence-corrected chi connectivity index (χ1v) is 5.25. The summed E-state index contributed by atoms with van der Waals surface area (Å²) in [6, 6.07) is 3.13. The number of anilines is 1. The van der Waals surface area contributed by atoms with Gasteiger partial charge in [0.2, 0.25) is 0 Å². The molecule has 0 aliphatic rings. The van der Waals surface area contributed by atoms with E-state index in [-0.39, 0.29) is 5.56 Å². The van der Waals surface area contributed by atoms with Crippen molar-refractivity contribution >= 4 is 11.8 Å². The maximum Gasteiger partial charge on any atom is 0.337 e. The molecule has 92 valence electrons. The van der Waals surface area contributed by atoms with Crippen molar-refractivity contribution in [2.24, 2.45) is 0 Å². The third-order valence-electron chi connectivity index (χ3n) is 1.91. The van der Waals surface area contributed by atoms with Crippen LogP contribution >= 0.6 is 0 Å². The molecule has 1 heterocycles. The van der Waals surface area contributed by atoms with E-state index in [4.69, 9.17) is 9.84 Å². The van der Waals surface area contributed by atoms with Crippen LogP contribution in [0.3, 0.4) is 0 Å². The Morgan fingerprint density at radius 2 is 2.35 bits per heavy atom. The standard InChI is InChI=1S/C12H16N2O3/c1-9(2)8-17-6-5-13-11-4-3-10(7-14-11)12(15)16/h3-4,7H,1,5-6,8H2,2H3,(H,13,14)(H,15,16). The van der Waals surface area contributed by atoms with E-state index < -0.39 is 5.97 Å². The van der Waals surface area contributed by atoms with Crippen LogP contribution in [-0.4, -0.2) is 35.8 Å². The number of hydrogen-bond acceptors (Lipinski definition) is 4. The van der Waals surface area contributed by atoms with Crippen LogP contribution in [0, 0.1) is 0 Å². The lowest BCUT2D eigenvalue weighted by Crippen LogP contribution is -2.11. The van der Waals surface area contributed by atoms with Gasteiger partial charge in [-0.3, -0.25) is 0 Å². The minimum absolute atomic E-state index is 0.175. The van der Waals surface area contributed by atoms with Gasteiger partial charge in [-0.25, -0.2) is 9.78 Å². The molecule has 0 aliphatic heterocycles. The average molecular weight is 236 g/mol. The lowest BCUT2D eigenvalue weighted by atomic mass is 10.3. The lowest BCUT2D eigenvalue weighted by molar-refractivity contribution is 0.0696. The second kappa shape index (κ2) is 6.65. The van der Waals surface area contributed by atoms with Crippen molar-refractivity contribution < 1.29 is 14.6 Å². The number of aromatic carboxylic acids is 1. The molecular weight excluding hydrogens is 220 g/mol. The van der Waals surface area contributed by atoms with E-state index in [2.05, 4.69) is 16.9 Å². The van der Waals surface area contributed by atoms with Gasteiger partial charge in [0.05, 0.1) is 18.8 Å². The zero-order valence-electron chi connectivity index (χ0n) is 9.77. The van der Waals surface area contributed by atoms with Gasteiger partial charge in [-0.2, -0.15) is 0 Å². The van der Waals surface area contributed by atoms with Gasteiger partial charge in [0.1, 0.15) is 5.82 Å². The minimum Gasteiger partial charge on any atom is -0.478 e. The van der Waals surface area contributed by atoms with E-state index in [1.165, 1.54) is 12.3 Å². The highest BCUT2D eigenvalue weighted by Crippen LogP contribution is 2.04. The van der Waals surface area contributed by atoms with Gasteiger partial charge in [0, 0.05) is 12.7 Å². The summed E-state index contributed by atoms with van der Waals surface area (Å²) in [6.45, 7) is 7.34. The second-order valence-corrected chi connectivity index (χ2v) is 3.67. The Balaban J connectivity index is 2.27. The summed E-state index contributed by atoms with van der Waals surface area (Å²) in [5.74, 6) is -0.345. The van der Waals surface area contributed by atoms with E-state index in [0.717, 1.165) is 5.57 Å². The molecule has 0 saturated carbocycles. The maximum absolute atomic E-state index is 10.6. The highest BCUT2D eigenvalue weighted by atomic mass is 16.5. The summed E-state index contributed by atoms with van der Waals surface area (Å²) in [5.41, 5.74) is 1.16. The molecule has 0 aliphatic carbocycles. The molecule has 0 fully saturated rings. The maximum atomic E-state index is 10.6. The topological polar surface area (TPSA) is 71.5 Å². The number of carbonyl (C=O) groups is 1. The van der Waals surface area contributed by atoms with E-state index in [1.54, 1.807) is 6.07 Å². The van der Waals surface area contributed by atoms with Crippen LogP contribution in [-0.2, 0) is 4.74 Å². The summed E-state index contributed by atoms with van der Waals surface area (Å²) in [6.07, 6.45) is 1.32. The summed E-state index contributed by atoms with van der Waals surface area (Å²) in [5, 5.41) is 11.7. The number of carboxylic acids is 1. The van der Waals surface area contributed by atoms with Crippen LogP contribution in [0.15, 0.2) is 30.5 Å². The van der Waals surface area contributed by atoms with Crippen molar-refractivity contribution in [3.63, 3.8) is 0 Å². The minimum atomic E-state index is -0.978. The third kappa shape index (κ3) is 5.12. The molecule has 17 heavy (non-hydrogen) atoms.